The highest BCUT2D eigenvalue weighted by molar-refractivity contribution is 5.77. The molecule has 0 spiro atoms. The average Bonchev–Trinajstić information content (AvgIpc) is 2.34. The molecule has 0 aliphatic rings. The standard InChI is InChI=1S/C16H25NO2/c1-6-17(15(18)12-19-16(3,4)5)11-14-10-8-7-9-13(14)2/h7-10H,6,11-12H2,1-5H3. The zero-order valence-corrected chi connectivity index (χ0v) is 12.7. The van der Waals surface area contributed by atoms with E-state index in [-0.39, 0.29) is 18.1 Å². The molecule has 1 amide bonds. The van der Waals surface area contributed by atoms with E-state index in [9.17, 15) is 4.79 Å². The molecule has 0 aliphatic carbocycles. The Morgan fingerprint density at radius 1 is 1.26 bits per heavy atom. The van der Waals surface area contributed by atoms with Crippen molar-refractivity contribution in [2.75, 3.05) is 13.2 Å². The second-order valence-electron chi connectivity index (χ2n) is 5.74. The van der Waals surface area contributed by atoms with Crippen molar-refractivity contribution in [1.29, 1.82) is 0 Å². The fraction of sp³-hybridized carbons (Fsp3) is 0.562. The molecule has 0 bridgehead atoms. The minimum atomic E-state index is -0.280. The van der Waals surface area contributed by atoms with Crippen molar-refractivity contribution in [3.8, 4) is 0 Å². The van der Waals surface area contributed by atoms with Gasteiger partial charge < -0.3 is 9.64 Å². The molecule has 0 atom stereocenters. The van der Waals surface area contributed by atoms with E-state index in [1.165, 1.54) is 11.1 Å². The maximum absolute atomic E-state index is 12.1. The molecule has 1 aromatic rings. The molecule has 3 nitrogen and oxygen atoms in total. The number of hydrogen-bond acceptors (Lipinski definition) is 2. The molecule has 0 aromatic heterocycles. The molecule has 0 N–H and O–H groups in total. The van der Waals surface area contributed by atoms with Crippen LogP contribution in [0.25, 0.3) is 0 Å². The van der Waals surface area contributed by atoms with Gasteiger partial charge in [0, 0.05) is 13.1 Å². The van der Waals surface area contributed by atoms with E-state index in [0.717, 1.165) is 0 Å². The number of hydrogen-bond donors (Lipinski definition) is 0. The van der Waals surface area contributed by atoms with Gasteiger partial charge in [-0.15, -0.1) is 0 Å². The molecule has 106 valence electrons. The van der Waals surface area contributed by atoms with Crippen LogP contribution in [0, 0.1) is 6.92 Å². The Bertz CT molecular complexity index is 421. The Hall–Kier alpha value is -1.35. The van der Waals surface area contributed by atoms with Crippen LogP contribution in [0.2, 0.25) is 0 Å². The maximum atomic E-state index is 12.1. The van der Waals surface area contributed by atoms with Crippen LogP contribution < -0.4 is 0 Å². The van der Waals surface area contributed by atoms with Gasteiger partial charge in [0.1, 0.15) is 6.61 Å². The lowest BCUT2D eigenvalue weighted by atomic mass is 10.1. The van der Waals surface area contributed by atoms with Crippen LogP contribution in [0.4, 0.5) is 0 Å². The molecule has 19 heavy (non-hydrogen) atoms. The highest BCUT2D eigenvalue weighted by Gasteiger charge is 2.17. The van der Waals surface area contributed by atoms with E-state index in [4.69, 9.17) is 4.74 Å². The van der Waals surface area contributed by atoms with E-state index in [2.05, 4.69) is 19.1 Å². The average molecular weight is 263 g/mol. The molecule has 1 rings (SSSR count). The van der Waals surface area contributed by atoms with Crippen molar-refractivity contribution in [1.82, 2.24) is 4.90 Å². The van der Waals surface area contributed by atoms with Crippen LogP contribution >= 0.6 is 0 Å². The Kier molecular flexibility index (Phi) is 5.55. The fourth-order valence-electron chi connectivity index (χ4n) is 1.74. The van der Waals surface area contributed by atoms with Crippen molar-refractivity contribution in [3.05, 3.63) is 35.4 Å². The molecular formula is C16H25NO2. The number of rotatable bonds is 5. The van der Waals surface area contributed by atoms with Gasteiger partial charge in [0.25, 0.3) is 0 Å². The summed E-state index contributed by atoms with van der Waals surface area (Å²) in [6.45, 7) is 11.4. The lowest BCUT2D eigenvalue weighted by Crippen LogP contribution is -2.36. The molecule has 0 fully saturated rings. The van der Waals surface area contributed by atoms with Crippen LogP contribution in [0.5, 0.6) is 0 Å². The van der Waals surface area contributed by atoms with Gasteiger partial charge >= 0.3 is 0 Å². The Morgan fingerprint density at radius 3 is 2.42 bits per heavy atom. The summed E-state index contributed by atoms with van der Waals surface area (Å²) in [6, 6.07) is 8.15. The summed E-state index contributed by atoms with van der Waals surface area (Å²) in [7, 11) is 0. The summed E-state index contributed by atoms with van der Waals surface area (Å²) in [5, 5.41) is 0. The number of likely N-dealkylation sites (N-methyl/N-ethyl adjacent to an activating group) is 1. The zero-order valence-electron chi connectivity index (χ0n) is 12.7. The third-order valence-corrected chi connectivity index (χ3v) is 2.99. The summed E-state index contributed by atoms with van der Waals surface area (Å²) in [5.74, 6) is 0.0423. The molecule has 0 radical (unpaired) electrons. The van der Waals surface area contributed by atoms with Gasteiger partial charge in [0.05, 0.1) is 5.60 Å². The quantitative estimate of drug-likeness (QED) is 0.816. The first kappa shape index (κ1) is 15.7. The topological polar surface area (TPSA) is 29.5 Å². The maximum Gasteiger partial charge on any atom is 0.248 e. The Morgan fingerprint density at radius 2 is 1.89 bits per heavy atom. The first-order valence-electron chi connectivity index (χ1n) is 6.79. The summed E-state index contributed by atoms with van der Waals surface area (Å²) in [4.78, 5) is 14.0. The Balaban J connectivity index is 2.63. The molecule has 0 saturated heterocycles. The first-order chi connectivity index (χ1) is 8.83. The van der Waals surface area contributed by atoms with Crippen molar-refractivity contribution in [2.45, 2.75) is 46.8 Å². The minimum absolute atomic E-state index is 0.0423. The lowest BCUT2D eigenvalue weighted by molar-refractivity contribution is -0.141. The highest BCUT2D eigenvalue weighted by Crippen LogP contribution is 2.12. The normalized spacial score (nSPS) is 11.4. The predicted octanol–water partition coefficient (Wildman–Crippen LogP) is 3.16. The van der Waals surface area contributed by atoms with E-state index in [1.807, 2.05) is 44.7 Å². The third kappa shape index (κ3) is 5.43. The summed E-state index contributed by atoms with van der Waals surface area (Å²) in [5.41, 5.74) is 2.12. The largest absolute Gasteiger partial charge is 0.366 e. The van der Waals surface area contributed by atoms with Gasteiger partial charge in [-0.25, -0.2) is 0 Å². The van der Waals surface area contributed by atoms with E-state index >= 15 is 0 Å². The second-order valence-corrected chi connectivity index (χ2v) is 5.74. The van der Waals surface area contributed by atoms with Crippen molar-refractivity contribution < 1.29 is 9.53 Å². The molecule has 3 heteroatoms. The second kappa shape index (κ2) is 6.71. The SMILES string of the molecule is CCN(Cc1ccccc1C)C(=O)COC(C)(C)C. The number of ether oxygens (including phenoxy) is 1. The Labute approximate surface area is 116 Å². The van der Waals surface area contributed by atoms with E-state index in [1.54, 1.807) is 0 Å². The van der Waals surface area contributed by atoms with Crippen molar-refractivity contribution in [2.24, 2.45) is 0 Å². The van der Waals surface area contributed by atoms with E-state index < -0.39 is 0 Å². The van der Waals surface area contributed by atoms with Gasteiger partial charge in [-0.05, 0) is 45.7 Å². The number of aryl methyl sites for hydroxylation is 1. The van der Waals surface area contributed by atoms with Crippen LogP contribution in [0.3, 0.4) is 0 Å². The number of benzene rings is 1. The molecule has 0 saturated carbocycles. The van der Waals surface area contributed by atoms with Crippen LogP contribution in [0.1, 0.15) is 38.8 Å². The highest BCUT2D eigenvalue weighted by atomic mass is 16.5. The van der Waals surface area contributed by atoms with Crippen molar-refractivity contribution in [3.63, 3.8) is 0 Å². The monoisotopic (exact) mass is 263 g/mol. The van der Waals surface area contributed by atoms with Gasteiger partial charge in [-0.2, -0.15) is 0 Å². The predicted molar refractivity (Wildman–Crippen MR) is 78.0 cm³/mol. The molecule has 0 heterocycles. The lowest BCUT2D eigenvalue weighted by Gasteiger charge is -2.25. The van der Waals surface area contributed by atoms with Crippen molar-refractivity contribution >= 4 is 5.91 Å². The van der Waals surface area contributed by atoms with E-state index in [0.29, 0.717) is 13.1 Å². The third-order valence-electron chi connectivity index (χ3n) is 2.99. The molecule has 0 unspecified atom stereocenters. The summed E-state index contributed by atoms with van der Waals surface area (Å²) >= 11 is 0. The molecular weight excluding hydrogens is 238 g/mol. The number of carbonyl (C=O) groups is 1. The summed E-state index contributed by atoms with van der Waals surface area (Å²) in [6.07, 6.45) is 0. The number of nitrogens with zero attached hydrogens (tertiary/aromatic N) is 1. The zero-order chi connectivity index (χ0) is 14.5. The van der Waals surface area contributed by atoms with Crippen LogP contribution in [-0.2, 0) is 16.1 Å². The fourth-order valence-corrected chi connectivity index (χ4v) is 1.74. The smallest absolute Gasteiger partial charge is 0.248 e. The van der Waals surface area contributed by atoms with Crippen LogP contribution in [-0.4, -0.2) is 29.6 Å². The minimum Gasteiger partial charge on any atom is -0.366 e. The first-order valence-corrected chi connectivity index (χ1v) is 6.79. The van der Waals surface area contributed by atoms with Gasteiger partial charge in [0.15, 0.2) is 0 Å². The van der Waals surface area contributed by atoms with Gasteiger partial charge in [-0.1, -0.05) is 24.3 Å². The van der Waals surface area contributed by atoms with Gasteiger partial charge in [-0.3, -0.25) is 4.79 Å². The van der Waals surface area contributed by atoms with Crippen LogP contribution in [0.15, 0.2) is 24.3 Å². The summed E-state index contributed by atoms with van der Waals surface area (Å²) < 4.78 is 5.55. The number of amides is 1. The van der Waals surface area contributed by atoms with Gasteiger partial charge in [0.2, 0.25) is 5.91 Å². The molecule has 1 aromatic carbocycles. The number of carbonyl (C=O) groups excluding carboxylic acids is 1. The molecule has 0 aliphatic heterocycles.